The molecule has 2 nitrogen and oxygen atoms in total. The highest BCUT2D eigenvalue weighted by Gasteiger charge is 2.17. The second-order valence-corrected chi connectivity index (χ2v) is 4.67. The third-order valence-corrected chi connectivity index (χ3v) is 3.45. The van der Waals surface area contributed by atoms with Gasteiger partial charge in [-0.05, 0) is 34.1 Å². The van der Waals surface area contributed by atoms with Crippen LogP contribution in [0.1, 0.15) is 0 Å². The zero-order valence-electron chi connectivity index (χ0n) is 7.59. The molecule has 0 aliphatic carbocycles. The second kappa shape index (κ2) is 4.51. The zero-order chi connectivity index (χ0) is 9.97. The number of hydrogen-bond acceptors (Lipinski definition) is 2. The van der Waals surface area contributed by atoms with E-state index in [1.54, 1.807) is 0 Å². The number of rotatable bonds is 3. The normalized spacial score (nSPS) is 16.4. The Morgan fingerprint density at radius 1 is 1.50 bits per heavy atom. The van der Waals surface area contributed by atoms with Crippen LogP contribution in [0.5, 0.6) is 0 Å². The highest BCUT2D eigenvalue weighted by molar-refractivity contribution is 9.10. The van der Waals surface area contributed by atoms with Crippen LogP contribution in [-0.2, 0) is 4.74 Å². The van der Waals surface area contributed by atoms with Gasteiger partial charge in [0.2, 0.25) is 0 Å². The third kappa shape index (κ3) is 2.41. The second-order valence-electron chi connectivity index (χ2n) is 3.41. The van der Waals surface area contributed by atoms with Gasteiger partial charge in [-0.2, -0.15) is 0 Å². The molecule has 1 aliphatic heterocycles. The molecule has 0 spiro atoms. The lowest BCUT2D eigenvalue weighted by atomic mass is 10.1. The molecule has 1 aromatic carbocycles. The highest BCUT2D eigenvalue weighted by atomic mass is 79.9. The summed E-state index contributed by atoms with van der Waals surface area (Å²) in [6.07, 6.45) is 0. The molecular weight excluding hydrogens is 265 g/mol. The molecule has 0 bridgehead atoms. The van der Waals surface area contributed by atoms with Gasteiger partial charge >= 0.3 is 0 Å². The quantitative estimate of drug-likeness (QED) is 0.916. The van der Waals surface area contributed by atoms with Gasteiger partial charge in [-0.15, -0.1) is 0 Å². The van der Waals surface area contributed by atoms with Crippen LogP contribution in [0.3, 0.4) is 0 Å². The van der Waals surface area contributed by atoms with Gasteiger partial charge in [0.05, 0.1) is 18.2 Å². The van der Waals surface area contributed by atoms with E-state index in [-0.39, 0.29) is 0 Å². The summed E-state index contributed by atoms with van der Waals surface area (Å²) in [5.41, 5.74) is 1.06. The Hall–Kier alpha value is -0.250. The van der Waals surface area contributed by atoms with Crippen LogP contribution in [0.4, 0.5) is 5.69 Å². The Morgan fingerprint density at radius 3 is 2.86 bits per heavy atom. The maximum atomic E-state index is 5.97. The van der Waals surface area contributed by atoms with E-state index >= 15 is 0 Å². The van der Waals surface area contributed by atoms with Crippen LogP contribution in [-0.4, -0.2) is 19.8 Å². The van der Waals surface area contributed by atoms with Crippen LogP contribution >= 0.6 is 27.5 Å². The summed E-state index contributed by atoms with van der Waals surface area (Å²) < 4.78 is 6.02. The van der Waals surface area contributed by atoms with Crippen molar-refractivity contribution in [3.8, 4) is 0 Å². The van der Waals surface area contributed by atoms with Crippen molar-refractivity contribution in [3.05, 3.63) is 27.7 Å². The van der Waals surface area contributed by atoms with Crippen molar-refractivity contribution in [3.63, 3.8) is 0 Å². The molecular formula is C10H11BrClNO. The molecule has 0 saturated carbocycles. The Labute approximate surface area is 96.7 Å². The summed E-state index contributed by atoms with van der Waals surface area (Å²) in [4.78, 5) is 0. The van der Waals surface area contributed by atoms with E-state index in [0.29, 0.717) is 5.92 Å². The largest absolute Gasteiger partial charge is 0.385 e. The molecule has 14 heavy (non-hydrogen) atoms. The summed E-state index contributed by atoms with van der Waals surface area (Å²) in [6, 6.07) is 5.88. The fourth-order valence-corrected chi connectivity index (χ4v) is 1.70. The Balaban J connectivity index is 1.91. The lowest BCUT2D eigenvalue weighted by molar-refractivity contribution is -0.0248. The SMILES string of the molecule is Clc1cc(NCC2COC2)ccc1Br. The molecule has 0 atom stereocenters. The smallest absolute Gasteiger partial charge is 0.0568 e. The van der Waals surface area contributed by atoms with Crippen LogP contribution in [0.15, 0.2) is 22.7 Å². The maximum Gasteiger partial charge on any atom is 0.0568 e. The van der Waals surface area contributed by atoms with E-state index in [4.69, 9.17) is 16.3 Å². The predicted octanol–water partition coefficient (Wildman–Crippen LogP) is 3.16. The van der Waals surface area contributed by atoms with Gasteiger partial charge in [0.1, 0.15) is 0 Å². The summed E-state index contributed by atoms with van der Waals surface area (Å²) >= 11 is 9.32. The molecule has 1 fully saturated rings. The number of hydrogen-bond donors (Lipinski definition) is 1. The summed E-state index contributed by atoms with van der Waals surface area (Å²) in [7, 11) is 0. The third-order valence-electron chi connectivity index (χ3n) is 2.22. The molecule has 2 rings (SSSR count). The first kappa shape index (κ1) is 10.3. The van der Waals surface area contributed by atoms with Crippen LogP contribution in [0.25, 0.3) is 0 Å². The zero-order valence-corrected chi connectivity index (χ0v) is 9.94. The van der Waals surface area contributed by atoms with E-state index in [2.05, 4.69) is 21.2 Å². The summed E-state index contributed by atoms with van der Waals surface area (Å²) in [5.74, 6) is 0.650. The van der Waals surface area contributed by atoms with Crippen molar-refractivity contribution in [1.29, 1.82) is 0 Å². The molecule has 1 aromatic rings. The molecule has 0 aromatic heterocycles. The molecule has 1 saturated heterocycles. The molecule has 76 valence electrons. The van der Waals surface area contributed by atoms with E-state index in [9.17, 15) is 0 Å². The average molecular weight is 277 g/mol. The molecule has 0 amide bonds. The van der Waals surface area contributed by atoms with Gasteiger partial charge in [0.15, 0.2) is 0 Å². The highest BCUT2D eigenvalue weighted by Crippen LogP contribution is 2.25. The van der Waals surface area contributed by atoms with Crippen molar-refractivity contribution >= 4 is 33.2 Å². The van der Waals surface area contributed by atoms with Crippen molar-refractivity contribution < 1.29 is 4.74 Å². The molecule has 4 heteroatoms. The van der Waals surface area contributed by atoms with E-state index < -0.39 is 0 Å². The van der Waals surface area contributed by atoms with Crippen molar-refractivity contribution in [2.75, 3.05) is 25.1 Å². The number of halogens is 2. The monoisotopic (exact) mass is 275 g/mol. The molecule has 1 N–H and O–H groups in total. The summed E-state index contributed by atoms with van der Waals surface area (Å²) in [5, 5.41) is 4.07. The Bertz CT molecular complexity index is 328. The molecule has 0 radical (unpaired) electrons. The first-order valence-electron chi connectivity index (χ1n) is 4.52. The minimum Gasteiger partial charge on any atom is -0.385 e. The number of benzene rings is 1. The van der Waals surface area contributed by atoms with Gasteiger partial charge in [-0.25, -0.2) is 0 Å². The van der Waals surface area contributed by atoms with Crippen molar-refractivity contribution in [1.82, 2.24) is 0 Å². The average Bonchev–Trinajstić information content (AvgIpc) is 2.08. The first-order chi connectivity index (χ1) is 6.75. The number of ether oxygens (including phenoxy) is 1. The first-order valence-corrected chi connectivity index (χ1v) is 5.69. The minimum absolute atomic E-state index is 0.650. The van der Waals surface area contributed by atoms with E-state index in [1.165, 1.54) is 0 Å². The van der Waals surface area contributed by atoms with Crippen LogP contribution in [0.2, 0.25) is 5.02 Å². The Kier molecular flexibility index (Phi) is 3.31. The number of anilines is 1. The van der Waals surface area contributed by atoms with Gasteiger partial charge in [0.25, 0.3) is 0 Å². The molecule has 1 heterocycles. The van der Waals surface area contributed by atoms with Gasteiger partial charge in [-0.1, -0.05) is 11.6 Å². The number of nitrogens with one attached hydrogen (secondary N) is 1. The van der Waals surface area contributed by atoms with E-state index in [1.807, 2.05) is 18.2 Å². The maximum absolute atomic E-state index is 5.97. The van der Waals surface area contributed by atoms with Crippen molar-refractivity contribution in [2.45, 2.75) is 0 Å². The van der Waals surface area contributed by atoms with Gasteiger partial charge in [0, 0.05) is 22.6 Å². The van der Waals surface area contributed by atoms with E-state index in [0.717, 1.165) is 34.9 Å². The lowest BCUT2D eigenvalue weighted by Gasteiger charge is -2.26. The predicted molar refractivity (Wildman–Crippen MR) is 62.0 cm³/mol. The molecule has 0 unspecified atom stereocenters. The minimum atomic E-state index is 0.650. The van der Waals surface area contributed by atoms with Crippen LogP contribution < -0.4 is 5.32 Å². The standard InChI is InChI=1S/C10H11BrClNO/c11-9-2-1-8(3-10(9)12)13-4-7-5-14-6-7/h1-3,7,13H,4-6H2. The summed E-state index contributed by atoms with van der Waals surface area (Å²) in [6.45, 7) is 2.70. The fourth-order valence-electron chi connectivity index (χ4n) is 1.27. The lowest BCUT2D eigenvalue weighted by Crippen LogP contribution is -2.33. The molecule has 1 aliphatic rings. The van der Waals surface area contributed by atoms with Gasteiger partial charge < -0.3 is 10.1 Å². The topological polar surface area (TPSA) is 21.3 Å². The van der Waals surface area contributed by atoms with Crippen molar-refractivity contribution in [2.24, 2.45) is 5.92 Å². The Morgan fingerprint density at radius 2 is 2.29 bits per heavy atom. The fraction of sp³-hybridized carbons (Fsp3) is 0.400. The van der Waals surface area contributed by atoms with Gasteiger partial charge in [-0.3, -0.25) is 0 Å². The van der Waals surface area contributed by atoms with Crippen LogP contribution in [0, 0.1) is 5.92 Å².